The minimum absolute atomic E-state index is 0.0358. The molecule has 2 bridgehead atoms. The van der Waals surface area contributed by atoms with Gasteiger partial charge in [0.25, 0.3) is 0 Å². The van der Waals surface area contributed by atoms with E-state index in [0.717, 1.165) is 0 Å². The van der Waals surface area contributed by atoms with Crippen LogP contribution in [0, 0.1) is 22.7 Å². The molecule has 1 aliphatic heterocycles. The van der Waals surface area contributed by atoms with E-state index >= 15 is 0 Å². The number of hydrogen-bond donors (Lipinski definition) is 0. The van der Waals surface area contributed by atoms with Crippen LogP contribution in [-0.2, 0) is 9.53 Å². The number of carbonyl (C=O) groups is 1. The summed E-state index contributed by atoms with van der Waals surface area (Å²) in [7, 11) is 0. The van der Waals surface area contributed by atoms with Gasteiger partial charge in [-0.1, -0.05) is 20.8 Å². The largest absolute Gasteiger partial charge is 0.461 e. The van der Waals surface area contributed by atoms with Gasteiger partial charge in [0, 0.05) is 11.3 Å². The first kappa shape index (κ1) is 8.75. The van der Waals surface area contributed by atoms with Crippen molar-refractivity contribution in [2.24, 2.45) is 22.7 Å². The Balaban J connectivity index is 2.06. The molecule has 0 aromatic carbocycles. The lowest BCUT2D eigenvalue weighted by molar-refractivity contribution is -0.147. The van der Waals surface area contributed by atoms with Crippen LogP contribution >= 0.6 is 0 Å². The molecular weight excluding hydrogens is 176 g/mol. The fourth-order valence-electron chi connectivity index (χ4n) is 4.35. The molecule has 0 radical (unpaired) electrons. The van der Waals surface area contributed by atoms with Crippen LogP contribution in [0.4, 0.5) is 0 Å². The second-order valence-electron chi connectivity index (χ2n) is 6.06. The van der Waals surface area contributed by atoms with Crippen molar-refractivity contribution in [1.82, 2.24) is 0 Å². The third kappa shape index (κ3) is 0.697. The second-order valence-corrected chi connectivity index (χ2v) is 6.06. The van der Waals surface area contributed by atoms with Crippen molar-refractivity contribution >= 4 is 5.97 Å². The van der Waals surface area contributed by atoms with Crippen LogP contribution in [0.3, 0.4) is 0 Å². The van der Waals surface area contributed by atoms with Crippen LogP contribution in [0.2, 0.25) is 0 Å². The van der Waals surface area contributed by atoms with Crippen molar-refractivity contribution in [2.45, 2.75) is 46.1 Å². The fraction of sp³-hybridized carbons (Fsp3) is 0.917. The fourth-order valence-corrected chi connectivity index (χ4v) is 4.35. The highest BCUT2D eigenvalue weighted by atomic mass is 16.6. The van der Waals surface area contributed by atoms with Crippen LogP contribution in [0.15, 0.2) is 0 Å². The lowest BCUT2D eigenvalue weighted by atomic mass is 9.70. The van der Waals surface area contributed by atoms with Crippen LogP contribution in [-0.4, -0.2) is 12.1 Å². The Morgan fingerprint density at radius 2 is 2.07 bits per heavy atom. The molecule has 78 valence electrons. The van der Waals surface area contributed by atoms with Crippen LogP contribution < -0.4 is 0 Å². The minimum atomic E-state index is 0.0358. The van der Waals surface area contributed by atoms with Crippen molar-refractivity contribution < 1.29 is 9.53 Å². The molecule has 4 atom stereocenters. The molecule has 3 rings (SSSR count). The van der Waals surface area contributed by atoms with Crippen molar-refractivity contribution in [3.8, 4) is 0 Å². The van der Waals surface area contributed by atoms with Crippen molar-refractivity contribution in [1.29, 1.82) is 0 Å². The van der Waals surface area contributed by atoms with Crippen molar-refractivity contribution in [3.05, 3.63) is 0 Å². The van der Waals surface area contributed by atoms with E-state index in [1.807, 2.05) is 0 Å². The molecule has 2 saturated carbocycles. The van der Waals surface area contributed by atoms with Gasteiger partial charge >= 0.3 is 5.97 Å². The molecule has 0 aromatic rings. The number of fused-ring (bicyclic) bond motifs is 5. The second kappa shape index (κ2) is 2.17. The zero-order valence-corrected chi connectivity index (χ0v) is 9.17. The number of ether oxygens (including phenoxy) is 1. The monoisotopic (exact) mass is 194 g/mol. The highest BCUT2D eigenvalue weighted by Crippen LogP contribution is 2.70. The van der Waals surface area contributed by atoms with Gasteiger partial charge < -0.3 is 4.74 Å². The quantitative estimate of drug-likeness (QED) is 0.553. The minimum Gasteiger partial charge on any atom is -0.461 e. The Morgan fingerprint density at radius 3 is 2.71 bits per heavy atom. The zero-order valence-electron chi connectivity index (χ0n) is 9.17. The highest BCUT2D eigenvalue weighted by Gasteiger charge is 2.69. The van der Waals surface area contributed by atoms with Crippen molar-refractivity contribution in [3.63, 3.8) is 0 Å². The van der Waals surface area contributed by atoms with Gasteiger partial charge in [-0.05, 0) is 24.2 Å². The summed E-state index contributed by atoms with van der Waals surface area (Å²) in [5.74, 6) is 1.27. The Kier molecular flexibility index (Phi) is 1.36. The first-order valence-corrected chi connectivity index (χ1v) is 5.66. The summed E-state index contributed by atoms with van der Waals surface area (Å²) in [6.45, 7) is 7.03. The number of carbonyl (C=O) groups excluding carboxylic acids is 1. The van der Waals surface area contributed by atoms with E-state index in [2.05, 4.69) is 20.8 Å². The van der Waals surface area contributed by atoms with E-state index < -0.39 is 0 Å². The first-order chi connectivity index (χ1) is 6.47. The van der Waals surface area contributed by atoms with E-state index in [1.165, 1.54) is 12.8 Å². The molecule has 2 heteroatoms. The molecule has 3 fully saturated rings. The Bertz CT molecular complexity index is 307. The molecular formula is C12H18O2. The van der Waals surface area contributed by atoms with E-state index in [1.54, 1.807) is 0 Å². The lowest BCUT2D eigenvalue weighted by Crippen LogP contribution is -2.37. The summed E-state index contributed by atoms with van der Waals surface area (Å²) < 4.78 is 5.52. The van der Waals surface area contributed by atoms with Gasteiger partial charge in [-0.2, -0.15) is 0 Å². The zero-order chi connectivity index (χ0) is 10.1. The highest BCUT2D eigenvalue weighted by molar-refractivity contribution is 5.73. The summed E-state index contributed by atoms with van der Waals surface area (Å²) in [5, 5.41) is 0. The molecule has 2 aliphatic carbocycles. The topological polar surface area (TPSA) is 26.3 Å². The predicted octanol–water partition coefficient (Wildman–Crippen LogP) is 2.37. The molecule has 0 unspecified atom stereocenters. The van der Waals surface area contributed by atoms with Gasteiger partial charge in [-0.3, -0.25) is 4.79 Å². The Labute approximate surface area is 85.0 Å². The predicted molar refractivity (Wildman–Crippen MR) is 52.6 cm³/mol. The van der Waals surface area contributed by atoms with Gasteiger partial charge in [0.05, 0.1) is 6.42 Å². The third-order valence-electron chi connectivity index (χ3n) is 5.57. The Hall–Kier alpha value is -0.530. The average molecular weight is 194 g/mol. The van der Waals surface area contributed by atoms with E-state index in [0.29, 0.717) is 23.7 Å². The maximum Gasteiger partial charge on any atom is 0.306 e. The summed E-state index contributed by atoms with van der Waals surface area (Å²) in [5.41, 5.74) is 0.609. The number of hydrogen-bond acceptors (Lipinski definition) is 2. The van der Waals surface area contributed by atoms with Gasteiger partial charge in [-0.15, -0.1) is 0 Å². The maximum atomic E-state index is 11.3. The molecule has 14 heavy (non-hydrogen) atoms. The van der Waals surface area contributed by atoms with Crippen LogP contribution in [0.1, 0.15) is 40.0 Å². The molecule has 0 aromatic heterocycles. The third-order valence-corrected chi connectivity index (χ3v) is 5.57. The number of rotatable bonds is 0. The molecule has 0 N–H and O–H groups in total. The van der Waals surface area contributed by atoms with E-state index in [9.17, 15) is 4.79 Å². The van der Waals surface area contributed by atoms with Gasteiger partial charge in [0.15, 0.2) is 0 Å². The molecule has 3 aliphatic rings. The molecule has 0 spiro atoms. The van der Waals surface area contributed by atoms with Gasteiger partial charge in [-0.25, -0.2) is 0 Å². The first-order valence-electron chi connectivity index (χ1n) is 5.66. The van der Waals surface area contributed by atoms with Gasteiger partial charge in [0.2, 0.25) is 0 Å². The SMILES string of the molecule is CC1(C)[C@@H]2CC[C@@]1(C)[C@@H]1OC(=O)C[C@H]21. The summed E-state index contributed by atoms with van der Waals surface area (Å²) in [6, 6.07) is 0. The molecule has 1 heterocycles. The standard InChI is InChI=1S/C12H18O2/c1-11(2)8-4-5-12(11,3)10-7(8)6-9(13)14-10/h7-8,10H,4-6H2,1-3H3/t7-,8-,10-,12+/m1/s1. The lowest BCUT2D eigenvalue weighted by Gasteiger charge is -2.37. The summed E-state index contributed by atoms with van der Waals surface area (Å²) >= 11 is 0. The average Bonchev–Trinajstić information content (AvgIpc) is 2.59. The van der Waals surface area contributed by atoms with E-state index in [4.69, 9.17) is 4.74 Å². The van der Waals surface area contributed by atoms with Crippen molar-refractivity contribution in [2.75, 3.05) is 0 Å². The molecule has 1 saturated heterocycles. The Morgan fingerprint density at radius 1 is 1.36 bits per heavy atom. The smallest absolute Gasteiger partial charge is 0.306 e. The van der Waals surface area contributed by atoms with Crippen LogP contribution in [0.25, 0.3) is 0 Å². The maximum absolute atomic E-state index is 11.3. The van der Waals surface area contributed by atoms with E-state index in [-0.39, 0.29) is 17.5 Å². The van der Waals surface area contributed by atoms with Gasteiger partial charge in [0.1, 0.15) is 6.10 Å². The number of esters is 1. The molecule has 0 amide bonds. The molecule has 2 nitrogen and oxygen atoms in total. The normalized spacial score (nSPS) is 53.4. The summed E-state index contributed by atoms with van der Waals surface area (Å²) in [4.78, 5) is 11.3. The summed E-state index contributed by atoms with van der Waals surface area (Å²) in [6.07, 6.45) is 3.43. The van der Waals surface area contributed by atoms with Crippen LogP contribution in [0.5, 0.6) is 0 Å².